The Bertz CT molecular complexity index is 737. The van der Waals surface area contributed by atoms with Crippen LogP contribution in [0.4, 0.5) is 0 Å². The van der Waals surface area contributed by atoms with E-state index in [1.807, 2.05) is 0 Å². The number of carbonyl (C=O) groups excluding carboxylic acids is 1. The summed E-state index contributed by atoms with van der Waals surface area (Å²) >= 11 is 0. The molecule has 0 N–H and O–H groups in total. The van der Waals surface area contributed by atoms with Gasteiger partial charge in [0.05, 0.1) is 0 Å². The van der Waals surface area contributed by atoms with E-state index in [0.717, 1.165) is 42.9 Å². The fourth-order valence-corrected chi connectivity index (χ4v) is 10.4. The molecule has 162 valence electrons. The average Bonchev–Trinajstić information content (AvgIpc) is 3.01. The summed E-state index contributed by atoms with van der Waals surface area (Å²) < 4.78 is 0. The summed E-state index contributed by atoms with van der Waals surface area (Å²) in [6.07, 6.45) is 14.0. The maximum atomic E-state index is 12.2. The van der Waals surface area contributed by atoms with Gasteiger partial charge in [0.1, 0.15) is 5.78 Å². The van der Waals surface area contributed by atoms with Crippen LogP contribution in [0, 0.1) is 51.2 Å². The third-order valence-corrected chi connectivity index (χ3v) is 12.4. The second kappa shape index (κ2) is 6.23. The van der Waals surface area contributed by atoms with Crippen LogP contribution in [0.15, 0.2) is 12.2 Å². The molecular formula is C28H44O. The first-order valence-corrected chi connectivity index (χ1v) is 12.7. The van der Waals surface area contributed by atoms with Crippen molar-refractivity contribution >= 4 is 5.78 Å². The van der Waals surface area contributed by atoms with E-state index < -0.39 is 0 Å². The van der Waals surface area contributed by atoms with Crippen molar-refractivity contribution in [2.75, 3.05) is 0 Å². The van der Waals surface area contributed by atoms with Gasteiger partial charge in [0.15, 0.2) is 0 Å². The largest absolute Gasteiger partial charge is 0.300 e. The van der Waals surface area contributed by atoms with Crippen molar-refractivity contribution in [3.05, 3.63) is 12.2 Å². The highest BCUT2D eigenvalue weighted by atomic mass is 16.1. The van der Waals surface area contributed by atoms with Crippen molar-refractivity contribution in [2.45, 2.75) is 105 Å². The molecule has 5 fully saturated rings. The number of ketones is 1. The van der Waals surface area contributed by atoms with Gasteiger partial charge in [0, 0.05) is 12.8 Å². The third kappa shape index (κ3) is 2.48. The van der Waals surface area contributed by atoms with Crippen LogP contribution in [0.1, 0.15) is 105 Å². The molecule has 0 aromatic rings. The smallest absolute Gasteiger partial charge is 0.133 e. The Morgan fingerprint density at radius 2 is 1.66 bits per heavy atom. The van der Waals surface area contributed by atoms with Gasteiger partial charge in [-0.05, 0) is 116 Å². The minimum absolute atomic E-state index is 0.402. The Morgan fingerprint density at radius 1 is 0.897 bits per heavy atom. The molecule has 0 radical (unpaired) electrons. The van der Waals surface area contributed by atoms with Gasteiger partial charge in [-0.1, -0.05) is 39.8 Å². The van der Waals surface area contributed by atoms with Gasteiger partial charge in [0.25, 0.3) is 0 Å². The molecule has 9 atom stereocenters. The van der Waals surface area contributed by atoms with E-state index in [-0.39, 0.29) is 0 Å². The normalized spacial score (nSPS) is 56.7. The number of carbonyl (C=O) groups is 1. The summed E-state index contributed by atoms with van der Waals surface area (Å²) in [6.45, 7) is 17.4. The average molecular weight is 397 g/mol. The predicted octanol–water partition coefficient (Wildman–Crippen LogP) is 7.60. The van der Waals surface area contributed by atoms with Gasteiger partial charge in [0.2, 0.25) is 0 Å². The van der Waals surface area contributed by atoms with E-state index in [4.69, 9.17) is 0 Å². The highest BCUT2D eigenvalue weighted by Crippen LogP contribution is 2.76. The lowest BCUT2D eigenvalue weighted by molar-refractivity contribution is -0.220. The number of hydrogen-bond donors (Lipinski definition) is 0. The molecule has 5 aliphatic carbocycles. The van der Waals surface area contributed by atoms with Crippen molar-refractivity contribution in [2.24, 2.45) is 51.2 Å². The standard InChI is InChI=1S/C28H44O/c1-18(2)21-11-12-25(3)15-16-27(5)22(24(21)25)7-8-23-26(4)13-10-20(29)17-19(26)9-14-28(23,27)6/h19,21-24H,1,7-17H2,2-6H3/t19-,21-,22-,23+,24-,25-,26+,27-,28+/m1/s1. The van der Waals surface area contributed by atoms with Crippen molar-refractivity contribution in [1.82, 2.24) is 0 Å². The Hall–Kier alpha value is -0.590. The summed E-state index contributed by atoms with van der Waals surface area (Å²) in [5.74, 6) is 4.50. The molecule has 29 heavy (non-hydrogen) atoms. The lowest BCUT2D eigenvalue weighted by atomic mass is 9.33. The van der Waals surface area contributed by atoms with Crippen molar-refractivity contribution in [1.29, 1.82) is 0 Å². The molecule has 5 rings (SSSR count). The Labute approximate surface area is 179 Å². The molecule has 0 aromatic carbocycles. The third-order valence-electron chi connectivity index (χ3n) is 12.4. The first kappa shape index (κ1) is 20.3. The molecular weight excluding hydrogens is 352 g/mol. The topological polar surface area (TPSA) is 17.1 Å². The van der Waals surface area contributed by atoms with E-state index in [1.165, 1.54) is 56.9 Å². The van der Waals surface area contributed by atoms with E-state index in [9.17, 15) is 4.79 Å². The van der Waals surface area contributed by atoms with Crippen LogP contribution >= 0.6 is 0 Å². The zero-order chi connectivity index (χ0) is 20.8. The van der Waals surface area contributed by atoms with Gasteiger partial charge in [-0.15, -0.1) is 0 Å². The molecule has 0 aliphatic heterocycles. The summed E-state index contributed by atoms with van der Waals surface area (Å²) in [4.78, 5) is 12.2. The lowest BCUT2D eigenvalue weighted by Crippen LogP contribution is -2.64. The highest BCUT2D eigenvalue weighted by molar-refractivity contribution is 5.79. The first-order chi connectivity index (χ1) is 13.6. The van der Waals surface area contributed by atoms with E-state index in [1.54, 1.807) is 0 Å². The molecule has 1 heteroatoms. The zero-order valence-electron chi connectivity index (χ0n) is 19.8. The van der Waals surface area contributed by atoms with Gasteiger partial charge in [-0.3, -0.25) is 4.79 Å². The molecule has 0 aromatic heterocycles. The van der Waals surface area contributed by atoms with Crippen LogP contribution in [-0.2, 0) is 4.79 Å². The monoisotopic (exact) mass is 396 g/mol. The molecule has 5 aliphatic rings. The van der Waals surface area contributed by atoms with Crippen LogP contribution in [0.3, 0.4) is 0 Å². The lowest BCUT2D eigenvalue weighted by Gasteiger charge is -2.71. The summed E-state index contributed by atoms with van der Waals surface area (Å²) in [5.41, 5.74) is 3.32. The van der Waals surface area contributed by atoms with Crippen LogP contribution in [0.5, 0.6) is 0 Å². The second-order valence-corrected chi connectivity index (χ2v) is 13.2. The maximum absolute atomic E-state index is 12.2. The summed E-state index contributed by atoms with van der Waals surface area (Å²) in [7, 11) is 0. The van der Waals surface area contributed by atoms with Crippen molar-refractivity contribution < 1.29 is 4.79 Å². The Morgan fingerprint density at radius 3 is 2.38 bits per heavy atom. The van der Waals surface area contributed by atoms with Gasteiger partial charge < -0.3 is 0 Å². The van der Waals surface area contributed by atoms with Crippen molar-refractivity contribution in [3.8, 4) is 0 Å². The van der Waals surface area contributed by atoms with Gasteiger partial charge >= 0.3 is 0 Å². The molecule has 5 saturated carbocycles. The van der Waals surface area contributed by atoms with Crippen molar-refractivity contribution in [3.63, 3.8) is 0 Å². The zero-order valence-corrected chi connectivity index (χ0v) is 19.8. The fourth-order valence-electron chi connectivity index (χ4n) is 10.4. The Kier molecular flexibility index (Phi) is 4.36. The second-order valence-electron chi connectivity index (χ2n) is 13.2. The highest BCUT2D eigenvalue weighted by Gasteiger charge is 2.68. The number of allylic oxidation sites excluding steroid dienone is 1. The molecule has 0 bridgehead atoms. The minimum Gasteiger partial charge on any atom is -0.300 e. The first-order valence-electron chi connectivity index (χ1n) is 12.7. The molecule has 1 nitrogen and oxygen atoms in total. The number of Topliss-reactive ketones (excluding diaryl/α,β-unsaturated/α-hetero) is 1. The van der Waals surface area contributed by atoms with Crippen LogP contribution < -0.4 is 0 Å². The quantitative estimate of drug-likeness (QED) is 0.417. The number of rotatable bonds is 1. The molecule has 0 unspecified atom stereocenters. The van der Waals surface area contributed by atoms with E-state index >= 15 is 0 Å². The molecule has 0 saturated heterocycles. The summed E-state index contributed by atoms with van der Waals surface area (Å²) in [6, 6.07) is 0. The maximum Gasteiger partial charge on any atom is 0.133 e. The minimum atomic E-state index is 0.402. The van der Waals surface area contributed by atoms with Gasteiger partial charge in [-0.2, -0.15) is 0 Å². The number of hydrogen-bond acceptors (Lipinski definition) is 1. The molecule has 0 spiro atoms. The van der Waals surface area contributed by atoms with Gasteiger partial charge in [-0.25, -0.2) is 0 Å². The summed E-state index contributed by atoms with van der Waals surface area (Å²) in [5, 5.41) is 0. The molecule has 0 amide bonds. The SMILES string of the molecule is C=C(C)[C@H]1CC[C@]2(C)CC[C@]3(C)[C@H](CC[C@H]4[C@@]5(C)CCC(=O)C[C@H]5CC[C@@]43C)[C@@H]12. The van der Waals surface area contributed by atoms with Crippen LogP contribution in [0.2, 0.25) is 0 Å². The van der Waals surface area contributed by atoms with Crippen LogP contribution in [-0.4, -0.2) is 5.78 Å². The Balaban J connectivity index is 1.54. The fraction of sp³-hybridized carbons (Fsp3) is 0.893. The number of fused-ring (bicyclic) bond motifs is 7. The predicted molar refractivity (Wildman–Crippen MR) is 120 cm³/mol. The van der Waals surface area contributed by atoms with Crippen LogP contribution in [0.25, 0.3) is 0 Å². The molecule has 0 heterocycles. The van der Waals surface area contributed by atoms with E-state index in [2.05, 4.69) is 41.2 Å². The van der Waals surface area contributed by atoms with E-state index in [0.29, 0.717) is 33.4 Å².